The summed E-state index contributed by atoms with van der Waals surface area (Å²) in [5, 5.41) is 4.45. The highest BCUT2D eigenvalue weighted by molar-refractivity contribution is 5.14. The topological polar surface area (TPSA) is 61.7 Å². The molecule has 2 rings (SSSR count). The van der Waals surface area contributed by atoms with Crippen LogP contribution in [0.5, 0.6) is 0 Å². The largest absolute Gasteiger partial charge is 0.325 e. The molecule has 2 heterocycles. The lowest BCUT2D eigenvalue weighted by Gasteiger charge is -2.09. The number of nitrogens with zero attached hydrogens (tertiary/aromatic N) is 4. The fourth-order valence-corrected chi connectivity index (χ4v) is 1.95. The van der Waals surface area contributed by atoms with Crippen molar-refractivity contribution in [3.8, 4) is 0 Å². The van der Waals surface area contributed by atoms with Gasteiger partial charge in [-0.1, -0.05) is 6.92 Å². The lowest BCUT2D eigenvalue weighted by molar-refractivity contribution is 0.634. The van der Waals surface area contributed by atoms with Crippen LogP contribution in [0.1, 0.15) is 29.8 Å². The predicted molar refractivity (Wildman–Crippen MR) is 66.5 cm³/mol. The van der Waals surface area contributed by atoms with E-state index in [9.17, 15) is 0 Å². The zero-order valence-corrected chi connectivity index (χ0v) is 10.6. The summed E-state index contributed by atoms with van der Waals surface area (Å²) in [7, 11) is 1.98. The van der Waals surface area contributed by atoms with Gasteiger partial charge in [-0.3, -0.25) is 4.68 Å². The highest BCUT2D eigenvalue weighted by Crippen LogP contribution is 2.10. The smallest absolute Gasteiger partial charge is 0.106 e. The van der Waals surface area contributed by atoms with Crippen molar-refractivity contribution in [3.05, 3.63) is 35.2 Å². The standard InChI is InChI=1S/C12H19N5/c1-4-10-5-11(16(3)15-10)8-17-9(2)14-7-12(17)6-13/h5,7H,4,6,8,13H2,1-3H3. The molecule has 0 aliphatic heterocycles. The molecule has 0 aliphatic rings. The van der Waals surface area contributed by atoms with E-state index in [-0.39, 0.29) is 0 Å². The quantitative estimate of drug-likeness (QED) is 0.856. The zero-order chi connectivity index (χ0) is 12.4. The summed E-state index contributed by atoms with van der Waals surface area (Å²) in [4.78, 5) is 4.29. The lowest BCUT2D eigenvalue weighted by Crippen LogP contribution is -2.12. The van der Waals surface area contributed by atoms with Crippen LogP contribution in [0.4, 0.5) is 0 Å². The van der Waals surface area contributed by atoms with Gasteiger partial charge in [0.05, 0.1) is 23.6 Å². The average Bonchev–Trinajstić information content (AvgIpc) is 2.85. The minimum absolute atomic E-state index is 0.513. The lowest BCUT2D eigenvalue weighted by atomic mass is 10.3. The molecule has 0 atom stereocenters. The Morgan fingerprint density at radius 3 is 2.71 bits per heavy atom. The van der Waals surface area contributed by atoms with Gasteiger partial charge >= 0.3 is 0 Å². The van der Waals surface area contributed by atoms with Crippen molar-refractivity contribution < 1.29 is 0 Å². The van der Waals surface area contributed by atoms with E-state index in [1.807, 2.05) is 24.9 Å². The first-order chi connectivity index (χ1) is 8.15. The van der Waals surface area contributed by atoms with Crippen molar-refractivity contribution >= 4 is 0 Å². The van der Waals surface area contributed by atoms with E-state index in [1.54, 1.807) is 0 Å². The minimum atomic E-state index is 0.513. The van der Waals surface area contributed by atoms with E-state index in [2.05, 4.69) is 27.6 Å². The molecule has 0 radical (unpaired) electrons. The van der Waals surface area contributed by atoms with Crippen molar-refractivity contribution in [3.63, 3.8) is 0 Å². The van der Waals surface area contributed by atoms with Crippen LogP contribution in [0.2, 0.25) is 0 Å². The van der Waals surface area contributed by atoms with E-state index in [0.29, 0.717) is 6.54 Å². The van der Waals surface area contributed by atoms with Gasteiger partial charge in [0.2, 0.25) is 0 Å². The molecule has 0 aliphatic carbocycles. The minimum Gasteiger partial charge on any atom is -0.325 e. The van der Waals surface area contributed by atoms with Gasteiger partial charge < -0.3 is 10.3 Å². The first kappa shape index (κ1) is 11.9. The third-order valence-corrected chi connectivity index (χ3v) is 3.06. The van der Waals surface area contributed by atoms with Gasteiger partial charge in [-0.05, 0) is 19.4 Å². The van der Waals surface area contributed by atoms with Crippen LogP contribution in [0.15, 0.2) is 12.3 Å². The Kier molecular flexibility index (Phi) is 3.28. The van der Waals surface area contributed by atoms with Crippen LogP contribution in [0.25, 0.3) is 0 Å². The summed E-state index contributed by atoms with van der Waals surface area (Å²) in [5.41, 5.74) is 9.06. The van der Waals surface area contributed by atoms with Gasteiger partial charge in [-0.15, -0.1) is 0 Å². The second-order valence-electron chi connectivity index (χ2n) is 4.19. The van der Waals surface area contributed by atoms with E-state index in [4.69, 9.17) is 5.73 Å². The van der Waals surface area contributed by atoms with Crippen molar-refractivity contribution in [2.24, 2.45) is 12.8 Å². The summed E-state index contributed by atoms with van der Waals surface area (Å²) in [6, 6.07) is 2.14. The first-order valence-corrected chi connectivity index (χ1v) is 5.88. The number of imidazole rings is 1. The maximum absolute atomic E-state index is 5.70. The third kappa shape index (κ3) is 2.24. The molecule has 2 aromatic rings. The number of aryl methyl sites for hydroxylation is 3. The molecular weight excluding hydrogens is 214 g/mol. The molecule has 2 N–H and O–H groups in total. The highest BCUT2D eigenvalue weighted by atomic mass is 15.3. The molecule has 92 valence electrons. The van der Waals surface area contributed by atoms with Gasteiger partial charge in [-0.2, -0.15) is 5.10 Å². The molecular formula is C12H19N5. The van der Waals surface area contributed by atoms with Gasteiger partial charge in [0.15, 0.2) is 0 Å². The fourth-order valence-electron chi connectivity index (χ4n) is 1.95. The van der Waals surface area contributed by atoms with Gasteiger partial charge in [-0.25, -0.2) is 4.98 Å². The molecule has 0 amide bonds. The molecule has 0 aromatic carbocycles. The highest BCUT2D eigenvalue weighted by Gasteiger charge is 2.09. The molecule has 0 unspecified atom stereocenters. The Balaban J connectivity index is 2.30. The van der Waals surface area contributed by atoms with Crippen molar-refractivity contribution in [2.75, 3.05) is 0 Å². The molecule has 5 heteroatoms. The van der Waals surface area contributed by atoms with Crippen LogP contribution < -0.4 is 5.73 Å². The summed E-state index contributed by atoms with van der Waals surface area (Å²) in [6.45, 7) is 5.40. The van der Waals surface area contributed by atoms with E-state index in [0.717, 1.165) is 30.2 Å². The molecule has 5 nitrogen and oxygen atoms in total. The maximum atomic E-state index is 5.70. The third-order valence-electron chi connectivity index (χ3n) is 3.06. The van der Waals surface area contributed by atoms with Crippen molar-refractivity contribution in [1.82, 2.24) is 19.3 Å². The second-order valence-corrected chi connectivity index (χ2v) is 4.19. The average molecular weight is 233 g/mol. The van der Waals surface area contributed by atoms with E-state index in [1.165, 1.54) is 5.69 Å². The molecule has 2 aromatic heterocycles. The fraction of sp³-hybridized carbons (Fsp3) is 0.500. The van der Waals surface area contributed by atoms with Crippen LogP contribution >= 0.6 is 0 Å². The predicted octanol–water partition coefficient (Wildman–Crippen LogP) is 0.994. The Labute approximate surface area is 101 Å². The number of hydrogen-bond acceptors (Lipinski definition) is 3. The summed E-state index contributed by atoms with van der Waals surface area (Å²) >= 11 is 0. The molecule has 0 bridgehead atoms. The Morgan fingerprint density at radius 1 is 1.35 bits per heavy atom. The van der Waals surface area contributed by atoms with Crippen molar-refractivity contribution in [2.45, 2.75) is 33.4 Å². The number of hydrogen-bond donors (Lipinski definition) is 1. The molecule has 0 saturated carbocycles. The number of nitrogens with two attached hydrogens (primary N) is 1. The summed E-state index contributed by atoms with van der Waals surface area (Å²) in [6.07, 6.45) is 2.80. The molecule has 0 spiro atoms. The van der Waals surface area contributed by atoms with Gasteiger partial charge in [0.1, 0.15) is 5.82 Å². The summed E-state index contributed by atoms with van der Waals surface area (Å²) < 4.78 is 4.06. The molecule has 0 saturated heterocycles. The van der Waals surface area contributed by atoms with Crippen LogP contribution in [-0.2, 0) is 26.6 Å². The van der Waals surface area contributed by atoms with Gasteiger partial charge in [0.25, 0.3) is 0 Å². The SMILES string of the molecule is CCc1cc(Cn2c(CN)cnc2C)n(C)n1. The number of rotatable bonds is 4. The Bertz CT molecular complexity index is 509. The van der Waals surface area contributed by atoms with Crippen molar-refractivity contribution in [1.29, 1.82) is 0 Å². The Morgan fingerprint density at radius 2 is 2.12 bits per heavy atom. The molecule has 0 fully saturated rings. The van der Waals surface area contributed by atoms with Crippen LogP contribution in [0, 0.1) is 6.92 Å². The van der Waals surface area contributed by atoms with Crippen LogP contribution in [0.3, 0.4) is 0 Å². The Hall–Kier alpha value is -1.62. The number of aromatic nitrogens is 4. The monoisotopic (exact) mass is 233 g/mol. The van der Waals surface area contributed by atoms with E-state index < -0.39 is 0 Å². The normalized spacial score (nSPS) is 11.1. The zero-order valence-electron chi connectivity index (χ0n) is 10.6. The van der Waals surface area contributed by atoms with Crippen LogP contribution in [-0.4, -0.2) is 19.3 Å². The maximum Gasteiger partial charge on any atom is 0.106 e. The van der Waals surface area contributed by atoms with Gasteiger partial charge in [0, 0.05) is 19.8 Å². The summed E-state index contributed by atoms with van der Waals surface area (Å²) in [5.74, 6) is 0.990. The molecule has 17 heavy (non-hydrogen) atoms. The second kappa shape index (κ2) is 4.71. The van der Waals surface area contributed by atoms with E-state index >= 15 is 0 Å². The first-order valence-electron chi connectivity index (χ1n) is 5.88.